The van der Waals surface area contributed by atoms with Crippen LogP contribution in [-0.2, 0) is 20.7 Å². The van der Waals surface area contributed by atoms with Crippen LogP contribution in [0.4, 0.5) is 5.69 Å². The molecule has 1 amide bonds. The molecule has 1 heterocycles. The fourth-order valence-corrected chi connectivity index (χ4v) is 2.86. The Balaban J connectivity index is 1.51. The van der Waals surface area contributed by atoms with Gasteiger partial charge in [0.15, 0.2) is 6.61 Å². The van der Waals surface area contributed by atoms with Gasteiger partial charge in [0, 0.05) is 16.8 Å². The average molecular weight is 376 g/mol. The molecule has 1 unspecified atom stereocenters. The lowest BCUT2D eigenvalue weighted by Crippen LogP contribution is -2.31. The molecule has 6 nitrogen and oxygen atoms in total. The predicted molar refractivity (Wildman–Crippen MR) is 96.7 cm³/mol. The van der Waals surface area contributed by atoms with Gasteiger partial charge in [-0.3, -0.25) is 9.59 Å². The molecule has 1 atom stereocenters. The number of amides is 1. The first-order valence-corrected chi connectivity index (χ1v) is 8.44. The van der Waals surface area contributed by atoms with E-state index in [0.717, 1.165) is 5.56 Å². The van der Waals surface area contributed by atoms with Crippen molar-refractivity contribution >= 4 is 29.2 Å². The van der Waals surface area contributed by atoms with E-state index in [1.807, 2.05) is 0 Å². The quantitative estimate of drug-likeness (QED) is 0.813. The number of esters is 1. The summed E-state index contributed by atoms with van der Waals surface area (Å²) in [7, 11) is 1.54. The zero-order valence-corrected chi connectivity index (χ0v) is 14.9. The Bertz CT molecular complexity index is 823. The van der Waals surface area contributed by atoms with Crippen LogP contribution < -0.4 is 14.8 Å². The summed E-state index contributed by atoms with van der Waals surface area (Å²) in [6.45, 7) is -0.153. The van der Waals surface area contributed by atoms with Gasteiger partial charge >= 0.3 is 5.97 Å². The summed E-state index contributed by atoms with van der Waals surface area (Å²) in [4.78, 5) is 24.2. The first-order chi connectivity index (χ1) is 12.5. The normalized spacial score (nSPS) is 15.4. The van der Waals surface area contributed by atoms with Gasteiger partial charge in [-0.05, 0) is 42.3 Å². The Morgan fingerprint density at radius 1 is 1.27 bits per heavy atom. The van der Waals surface area contributed by atoms with Crippen LogP contribution in [0.2, 0.25) is 5.02 Å². The second-order valence-corrected chi connectivity index (χ2v) is 6.29. The van der Waals surface area contributed by atoms with Crippen LogP contribution in [0.5, 0.6) is 11.5 Å². The van der Waals surface area contributed by atoms with Crippen molar-refractivity contribution in [2.45, 2.75) is 6.42 Å². The highest BCUT2D eigenvalue weighted by atomic mass is 35.5. The van der Waals surface area contributed by atoms with Crippen molar-refractivity contribution in [1.82, 2.24) is 0 Å². The van der Waals surface area contributed by atoms with E-state index in [2.05, 4.69) is 5.32 Å². The van der Waals surface area contributed by atoms with Crippen LogP contribution in [0.1, 0.15) is 5.56 Å². The molecule has 136 valence electrons. The number of rotatable bonds is 5. The van der Waals surface area contributed by atoms with E-state index in [1.54, 1.807) is 49.6 Å². The molecule has 0 bridgehead atoms. The molecule has 1 aliphatic heterocycles. The number of carbonyl (C=O) groups excluding carboxylic acids is 2. The van der Waals surface area contributed by atoms with E-state index in [-0.39, 0.29) is 13.2 Å². The van der Waals surface area contributed by atoms with Crippen LogP contribution in [0.3, 0.4) is 0 Å². The SMILES string of the molecule is COc1cccc(NC(=O)COC(=O)C2COc3ccc(Cl)cc3C2)c1. The number of anilines is 1. The number of benzene rings is 2. The molecule has 7 heteroatoms. The van der Waals surface area contributed by atoms with E-state index in [1.165, 1.54) is 0 Å². The fourth-order valence-electron chi connectivity index (χ4n) is 2.67. The maximum Gasteiger partial charge on any atom is 0.313 e. The zero-order chi connectivity index (χ0) is 18.5. The van der Waals surface area contributed by atoms with Crippen LogP contribution in [0.25, 0.3) is 0 Å². The fraction of sp³-hybridized carbons (Fsp3) is 0.263. The van der Waals surface area contributed by atoms with E-state index in [0.29, 0.717) is 28.6 Å². The Labute approximate surface area is 156 Å². The second-order valence-electron chi connectivity index (χ2n) is 5.85. The first-order valence-electron chi connectivity index (χ1n) is 8.07. The summed E-state index contributed by atoms with van der Waals surface area (Å²) in [6, 6.07) is 12.2. The first kappa shape index (κ1) is 18.1. The maximum absolute atomic E-state index is 12.2. The van der Waals surface area contributed by atoms with Crippen LogP contribution in [0.15, 0.2) is 42.5 Å². The molecule has 1 aliphatic rings. The monoisotopic (exact) mass is 375 g/mol. The van der Waals surface area contributed by atoms with Crippen molar-refractivity contribution in [3.8, 4) is 11.5 Å². The molecule has 3 rings (SSSR count). The number of ether oxygens (including phenoxy) is 3. The highest BCUT2D eigenvalue weighted by Gasteiger charge is 2.28. The summed E-state index contributed by atoms with van der Waals surface area (Å²) in [5, 5.41) is 3.24. The van der Waals surface area contributed by atoms with Crippen molar-refractivity contribution in [2.75, 3.05) is 25.6 Å². The molecule has 0 saturated carbocycles. The molecule has 0 spiro atoms. The van der Waals surface area contributed by atoms with E-state index in [4.69, 9.17) is 25.8 Å². The molecule has 2 aromatic carbocycles. The second kappa shape index (κ2) is 8.10. The average Bonchev–Trinajstić information content (AvgIpc) is 2.65. The van der Waals surface area contributed by atoms with E-state index in [9.17, 15) is 9.59 Å². The molecule has 0 radical (unpaired) electrons. The van der Waals surface area contributed by atoms with Gasteiger partial charge < -0.3 is 19.5 Å². The number of fused-ring (bicyclic) bond motifs is 1. The minimum atomic E-state index is -0.476. The summed E-state index contributed by atoms with van der Waals surface area (Å²) >= 11 is 5.97. The Hall–Kier alpha value is -2.73. The number of carbonyl (C=O) groups is 2. The van der Waals surface area contributed by atoms with Gasteiger partial charge in [0.05, 0.1) is 13.0 Å². The van der Waals surface area contributed by atoms with E-state index >= 15 is 0 Å². The van der Waals surface area contributed by atoms with Crippen molar-refractivity contribution in [1.29, 1.82) is 0 Å². The Morgan fingerprint density at radius 3 is 2.92 bits per heavy atom. The minimum Gasteiger partial charge on any atom is -0.497 e. The zero-order valence-electron chi connectivity index (χ0n) is 14.2. The predicted octanol–water partition coefficient (Wildman–Crippen LogP) is 3.08. The van der Waals surface area contributed by atoms with Crippen LogP contribution in [-0.4, -0.2) is 32.2 Å². The van der Waals surface area contributed by atoms with Gasteiger partial charge in [-0.15, -0.1) is 0 Å². The Morgan fingerprint density at radius 2 is 2.12 bits per heavy atom. The van der Waals surface area contributed by atoms with E-state index < -0.39 is 17.8 Å². The van der Waals surface area contributed by atoms with Crippen molar-refractivity contribution < 1.29 is 23.8 Å². The van der Waals surface area contributed by atoms with Gasteiger partial charge in [0.1, 0.15) is 18.1 Å². The lowest BCUT2D eigenvalue weighted by atomic mass is 9.97. The maximum atomic E-state index is 12.2. The summed E-state index contributed by atoms with van der Waals surface area (Å²) in [5.74, 6) is -0.0283. The smallest absolute Gasteiger partial charge is 0.313 e. The van der Waals surface area contributed by atoms with Crippen LogP contribution >= 0.6 is 11.6 Å². The van der Waals surface area contributed by atoms with Crippen LogP contribution in [0, 0.1) is 5.92 Å². The van der Waals surface area contributed by atoms with Gasteiger partial charge in [-0.2, -0.15) is 0 Å². The highest BCUT2D eigenvalue weighted by Crippen LogP contribution is 2.30. The summed E-state index contributed by atoms with van der Waals surface area (Å²) in [5.41, 5.74) is 1.42. The number of nitrogens with one attached hydrogen (secondary N) is 1. The minimum absolute atomic E-state index is 0.213. The number of hydrogen-bond acceptors (Lipinski definition) is 5. The van der Waals surface area contributed by atoms with Gasteiger partial charge in [0.2, 0.25) is 0 Å². The third kappa shape index (κ3) is 4.46. The summed E-state index contributed by atoms with van der Waals surface area (Å²) < 4.78 is 15.8. The molecule has 0 aliphatic carbocycles. The van der Waals surface area contributed by atoms with Gasteiger partial charge in [0.25, 0.3) is 5.91 Å². The standard InChI is InChI=1S/C19H18ClNO5/c1-24-16-4-2-3-15(9-16)21-18(22)11-26-19(23)13-7-12-8-14(20)5-6-17(12)25-10-13/h2-6,8-9,13H,7,10-11H2,1H3,(H,21,22). The molecular weight excluding hydrogens is 358 g/mol. The molecular formula is C19H18ClNO5. The molecule has 0 aromatic heterocycles. The molecule has 0 fully saturated rings. The third-order valence-corrected chi connectivity index (χ3v) is 4.20. The lowest BCUT2D eigenvalue weighted by molar-refractivity contribution is -0.152. The van der Waals surface area contributed by atoms with Gasteiger partial charge in [-0.25, -0.2) is 0 Å². The molecule has 2 aromatic rings. The van der Waals surface area contributed by atoms with Crippen molar-refractivity contribution in [3.63, 3.8) is 0 Å². The number of hydrogen-bond donors (Lipinski definition) is 1. The topological polar surface area (TPSA) is 73.9 Å². The summed E-state index contributed by atoms with van der Waals surface area (Å²) in [6.07, 6.45) is 0.465. The number of halogens is 1. The van der Waals surface area contributed by atoms with Crippen molar-refractivity contribution in [3.05, 3.63) is 53.1 Å². The Kier molecular flexibility index (Phi) is 5.63. The largest absolute Gasteiger partial charge is 0.497 e. The van der Waals surface area contributed by atoms with Crippen molar-refractivity contribution in [2.24, 2.45) is 5.92 Å². The molecule has 0 saturated heterocycles. The highest BCUT2D eigenvalue weighted by molar-refractivity contribution is 6.30. The lowest BCUT2D eigenvalue weighted by Gasteiger charge is -2.24. The van der Waals surface area contributed by atoms with Gasteiger partial charge in [-0.1, -0.05) is 17.7 Å². The number of methoxy groups -OCH3 is 1. The molecule has 1 N–H and O–H groups in total. The molecule has 26 heavy (non-hydrogen) atoms. The third-order valence-electron chi connectivity index (χ3n) is 3.96.